The van der Waals surface area contributed by atoms with Gasteiger partial charge in [-0.3, -0.25) is 0 Å². The fourth-order valence-electron chi connectivity index (χ4n) is 0.428. The van der Waals surface area contributed by atoms with Crippen LogP contribution in [0.3, 0.4) is 0 Å². The second kappa shape index (κ2) is 13.6. The van der Waals surface area contributed by atoms with Gasteiger partial charge in [0.05, 0.1) is 0 Å². The third-order valence-corrected chi connectivity index (χ3v) is 0.756. The molecule has 0 radical (unpaired) electrons. The average molecular weight is 182 g/mol. The number of phenols is 1. The smallest absolute Gasteiger partial charge is 0.115 e. The van der Waals surface area contributed by atoms with Crippen LogP contribution in [0.5, 0.6) is 5.75 Å². The maximum atomic E-state index is 8.63. The molecule has 0 aliphatic carbocycles. The Morgan fingerprint density at radius 1 is 0.846 bits per heavy atom. The average Bonchev–Trinajstić information content (AvgIpc) is 2.08. The summed E-state index contributed by atoms with van der Waals surface area (Å²) >= 11 is 0. The standard InChI is InChI=1S/C6H6O.2C3H8/c7-6-4-2-1-3-5-6;2*1-3-2/h1-5,7H;2*3H2,1-2H3. The first kappa shape index (κ1) is 14.5. The van der Waals surface area contributed by atoms with Crippen LogP contribution in [0.25, 0.3) is 0 Å². The number of benzene rings is 1. The van der Waals surface area contributed by atoms with E-state index in [9.17, 15) is 0 Å². The largest absolute Gasteiger partial charge is 0.508 e. The summed E-state index contributed by atoms with van der Waals surface area (Å²) in [5.74, 6) is 0.322. The van der Waals surface area contributed by atoms with Crippen LogP contribution in [0, 0.1) is 0 Å². The van der Waals surface area contributed by atoms with E-state index in [0.29, 0.717) is 5.75 Å². The molecule has 76 valence electrons. The summed E-state index contributed by atoms with van der Waals surface area (Å²) in [6.45, 7) is 8.50. The quantitative estimate of drug-likeness (QED) is 0.636. The zero-order valence-corrected chi connectivity index (χ0v) is 9.25. The van der Waals surface area contributed by atoms with Gasteiger partial charge in [-0.2, -0.15) is 0 Å². The van der Waals surface area contributed by atoms with Crippen molar-refractivity contribution in [3.8, 4) is 5.75 Å². The van der Waals surface area contributed by atoms with E-state index in [-0.39, 0.29) is 0 Å². The predicted octanol–water partition coefficient (Wildman–Crippen LogP) is 4.22. The normalized spacial score (nSPS) is 7.38. The third kappa shape index (κ3) is 18.2. The molecule has 1 rings (SSSR count). The second-order valence-electron chi connectivity index (χ2n) is 2.75. The van der Waals surface area contributed by atoms with Crippen molar-refractivity contribution in [1.29, 1.82) is 0 Å². The van der Waals surface area contributed by atoms with Crippen LogP contribution in [-0.2, 0) is 0 Å². The van der Waals surface area contributed by atoms with Crippen molar-refractivity contribution in [2.45, 2.75) is 40.5 Å². The number of para-hydroxylation sites is 1. The number of aromatic hydroxyl groups is 1. The Morgan fingerprint density at radius 2 is 1.15 bits per heavy atom. The number of rotatable bonds is 0. The van der Waals surface area contributed by atoms with E-state index in [1.54, 1.807) is 24.3 Å². The van der Waals surface area contributed by atoms with Crippen molar-refractivity contribution >= 4 is 0 Å². The maximum absolute atomic E-state index is 8.63. The number of hydrogen-bond donors (Lipinski definition) is 1. The fraction of sp³-hybridized carbons (Fsp3) is 0.500. The van der Waals surface area contributed by atoms with E-state index in [1.807, 2.05) is 6.07 Å². The van der Waals surface area contributed by atoms with Gasteiger partial charge in [-0.15, -0.1) is 0 Å². The van der Waals surface area contributed by atoms with Crippen LogP contribution in [0.1, 0.15) is 40.5 Å². The zero-order chi connectivity index (χ0) is 10.5. The zero-order valence-electron chi connectivity index (χ0n) is 9.25. The molecular formula is C12H22O. The molecule has 1 N–H and O–H groups in total. The van der Waals surface area contributed by atoms with Crippen LogP contribution in [0.4, 0.5) is 0 Å². The van der Waals surface area contributed by atoms with Crippen LogP contribution >= 0.6 is 0 Å². The lowest BCUT2D eigenvalue weighted by Crippen LogP contribution is -1.56. The molecule has 0 heterocycles. The molecule has 0 fully saturated rings. The van der Waals surface area contributed by atoms with Gasteiger partial charge in [0.2, 0.25) is 0 Å². The first-order chi connectivity index (χ1) is 6.22. The molecule has 0 atom stereocenters. The van der Waals surface area contributed by atoms with Gasteiger partial charge in [0.1, 0.15) is 5.75 Å². The van der Waals surface area contributed by atoms with Crippen molar-refractivity contribution in [2.24, 2.45) is 0 Å². The van der Waals surface area contributed by atoms with Gasteiger partial charge in [-0.1, -0.05) is 58.7 Å². The SMILES string of the molecule is CCC.CCC.Oc1ccccc1. The monoisotopic (exact) mass is 182 g/mol. The molecule has 0 aromatic heterocycles. The van der Waals surface area contributed by atoms with Gasteiger partial charge in [0.15, 0.2) is 0 Å². The van der Waals surface area contributed by atoms with Gasteiger partial charge in [-0.25, -0.2) is 0 Å². The van der Waals surface area contributed by atoms with E-state index < -0.39 is 0 Å². The van der Waals surface area contributed by atoms with Gasteiger partial charge < -0.3 is 5.11 Å². The minimum atomic E-state index is 0.322. The molecule has 0 saturated carbocycles. The predicted molar refractivity (Wildman–Crippen MR) is 60.0 cm³/mol. The lowest BCUT2D eigenvalue weighted by molar-refractivity contribution is 0.475. The fourth-order valence-corrected chi connectivity index (χ4v) is 0.428. The lowest BCUT2D eigenvalue weighted by atomic mass is 10.3. The first-order valence-electron chi connectivity index (χ1n) is 4.96. The molecule has 1 nitrogen and oxygen atoms in total. The maximum Gasteiger partial charge on any atom is 0.115 e. The minimum Gasteiger partial charge on any atom is -0.508 e. The highest BCUT2D eigenvalue weighted by Crippen LogP contribution is 2.02. The molecule has 0 unspecified atom stereocenters. The molecule has 0 amide bonds. The molecule has 0 bridgehead atoms. The molecule has 0 aliphatic rings. The molecule has 1 aromatic carbocycles. The Bertz CT molecular complexity index is 156. The summed E-state index contributed by atoms with van der Waals surface area (Å²) in [4.78, 5) is 0. The lowest BCUT2D eigenvalue weighted by Gasteiger charge is -1.82. The first-order valence-corrected chi connectivity index (χ1v) is 4.96. The summed E-state index contributed by atoms with van der Waals surface area (Å²) in [5.41, 5.74) is 0. The van der Waals surface area contributed by atoms with Crippen molar-refractivity contribution in [3.05, 3.63) is 30.3 Å². The van der Waals surface area contributed by atoms with Crippen LogP contribution in [-0.4, -0.2) is 5.11 Å². The molecule has 0 saturated heterocycles. The van der Waals surface area contributed by atoms with Gasteiger partial charge in [0, 0.05) is 0 Å². The Balaban J connectivity index is 0. The summed E-state index contributed by atoms with van der Waals surface area (Å²) in [5, 5.41) is 8.63. The van der Waals surface area contributed by atoms with Crippen molar-refractivity contribution in [1.82, 2.24) is 0 Å². The topological polar surface area (TPSA) is 20.2 Å². The molecule has 13 heavy (non-hydrogen) atoms. The van der Waals surface area contributed by atoms with Gasteiger partial charge >= 0.3 is 0 Å². The highest BCUT2D eigenvalue weighted by atomic mass is 16.3. The van der Waals surface area contributed by atoms with E-state index >= 15 is 0 Å². The second-order valence-corrected chi connectivity index (χ2v) is 2.75. The molecular weight excluding hydrogens is 160 g/mol. The van der Waals surface area contributed by atoms with E-state index in [4.69, 9.17) is 5.11 Å². The van der Waals surface area contributed by atoms with Crippen molar-refractivity contribution < 1.29 is 5.11 Å². The van der Waals surface area contributed by atoms with Crippen molar-refractivity contribution in [3.63, 3.8) is 0 Å². The van der Waals surface area contributed by atoms with E-state index in [0.717, 1.165) is 0 Å². The summed E-state index contributed by atoms with van der Waals surface area (Å²) < 4.78 is 0. The van der Waals surface area contributed by atoms with Crippen LogP contribution in [0.2, 0.25) is 0 Å². The Hall–Kier alpha value is -0.980. The Labute approximate surface area is 82.4 Å². The van der Waals surface area contributed by atoms with Crippen LogP contribution in [0.15, 0.2) is 30.3 Å². The Morgan fingerprint density at radius 3 is 1.31 bits per heavy atom. The molecule has 0 spiro atoms. The minimum absolute atomic E-state index is 0.322. The van der Waals surface area contributed by atoms with Gasteiger partial charge in [0.25, 0.3) is 0 Å². The van der Waals surface area contributed by atoms with E-state index in [1.165, 1.54) is 12.8 Å². The summed E-state index contributed by atoms with van der Waals surface area (Å²) in [6.07, 6.45) is 2.50. The van der Waals surface area contributed by atoms with Crippen LogP contribution < -0.4 is 0 Å². The van der Waals surface area contributed by atoms with Crippen molar-refractivity contribution in [2.75, 3.05) is 0 Å². The number of phenolic OH excluding ortho intramolecular Hbond substituents is 1. The molecule has 1 aromatic rings. The van der Waals surface area contributed by atoms with Gasteiger partial charge in [-0.05, 0) is 12.1 Å². The summed E-state index contributed by atoms with van der Waals surface area (Å²) in [6, 6.07) is 8.71. The summed E-state index contributed by atoms with van der Waals surface area (Å²) in [7, 11) is 0. The number of hydrogen-bond acceptors (Lipinski definition) is 1. The third-order valence-electron chi connectivity index (χ3n) is 0.756. The highest BCUT2D eigenvalue weighted by molar-refractivity contribution is 5.18. The Kier molecular flexibility index (Phi) is 15.2. The highest BCUT2D eigenvalue weighted by Gasteiger charge is 1.74. The molecule has 1 heteroatoms. The van der Waals surface area contributed by atoms with E-state index in [2.05, 4.69) is 27.7 Å². The molecule has 0 aliphatic heterocycles.